The maximum Gasteiger partial charge on any atom is 0.255 e. The topological polar surface area (TPSA) is 29.3 Å². The van der Waals surface area contributed by atoms with Crippen LogP contribution in [0.25, 0.3) is 0 Å². The maximum atomic E-state index is 12.3. The SMILES string of the molecule is CN(CC(F)F)c1ccc(Cl)cc1CCN. The Labute approximate surface area is 99.0 Å². The van der Waals surface area contributed by atoms with E-state index in [2.05, 4.69) is 0 Å². The first-order valence-corrected chi connectivity index (χ1v) is 5.40. The van der Waals surface area contributed by atoms with E-state index in [4.69, 9.17) is 17.3 Å². The second kappa shape index (κ2) is 6.01. The van der Waals surface area contributed by atoms with Gasteiger partial charge in [0.15, 0.2) is 0 Å². The summed E-state index contributed by atoms with van der Waals surface area (Å²) < 4.78 is 24.6. The van der Waals surface area contributed by atoms with Crippen molar-refractivity contribution in [1.29, 1.82) is 0 Å². The van der Waals surface area contributed by atoms with E-state index in [0.29, 0.717) is 18.0 Å². The lowest BCUT2D eigenvalue weighted by Gasteiger charge is -2.22. The molecule has 90 valence electrons. The van der Waals surface area contributed by atoms with Crippen LogP contribution in [0.1, 0.15) is 5.56 Å². The second-order valence-electron chi connectivity index (χ2n) is 3.58. The van der Waals surface area contributed by atoms with Gasteiger partial charge in [0.05, 0.1) is 6.54 Å². The van der Waals surface area contributed by atoms with Crippen LogP contribution < -0.4 is 10.6 Å². The molecule has 16 heavy (non-hydrogen) atoms. The fourth-order valence-corrected chi connectivity index (χ4v) is 1.78. The van der Waals surface area contributed by atoms with Crippen molar-refractivity contribution in [3.8, 4) is 0 Å². The smallest absolute Gasteiger partial charge is 0.255 e. The van der Waals surface area contributed by atoms with Crippen molar-refractivity contribution in [2.24, 2.45) is 5.73 Å². The van der Waals surface area contributed by atoms with Gasteiger partial charge in [-0.3, -0.25) is 0 Å². The molecule has 0 spiro atoms. The molecule has 5 heteroatoms. The Balaban J connectivity index is 2.92. The molecule has 0 heterocycles. The highest BCUT2D eigenvalue weighted by molar-refractivity contribution is 6.30. The van der Waals surface area contributed by atoms with Crippen molar-refractivity contribution in [3.63, 3.8) is 0 Å². The zero-order chi connectivity index (χ0) is 12.1. The summed E-state index contributed by atoms with van der Waals surface area (Å²) in [4.78, 5) is 1.52. The number of hydrogen-bond acceptors (Lipinski definition) is 2. The quantitative estimate of drug-likeness (QED) is 0.868. The minimum Gasteiger partial charge on any atom is -0.369 e. The molecule has 0 amide bonds. The minimum atomic E-state index is -2.36. The van der Waals surface area contributed by atoms with Crippen LogP contribution in [0.3, 0.4) is 0 Å². The van der Waals surface area contributed by atoms with Crippen LogP contribution in [-0.2, 0) is 6.42 Å². The number of hydrogen-bond donors (Lipinski definition) is 1. The van der Waals surface area contributed by atoms with E-state index in [1.807, 2.05) is 0 Å². The van der Waals surface area contributed by atoms with Crippen LogP contribution in [-0.4, -0.2) is 26.6 Å². The summed E-state index contributed by atoms with van der Waals surface area (Å²) in [6.07, 6.45) is -1.73. The van der Waals surface area contributed by atoms with E-state index in [1.165, 1.54) is 4.90 Å². The molecule has 0 aliphatic carbocycles. The molecule has 0 unspecified atom stereocenters. The number of alkyl halides is 2. The highest BCUT2D eigenvalue weighted by atomic mass is 35.5. The lowest BCUT2D eigenvalue weighted by Crippen LogP contribution is -2.25. The third-order valence-electron chi connectivity index (χ3n) is 2.28. The van der Waals surface area contributed by atoms with Crippen LogP contribution >= 0.6 is 11.6 Å². The molecule has 2 N–H and O–H groups in total. The van der Waals surface area contributed by atoms with Gasteiger partial charge in [-0.05, 0) is 36.7 Å². The number of rotatable bonds is 5. The lowest BCUT2D eigenvalue weighted by atomic mass is 10.1. The van der Waals surface area contributed by atoms with Gasteiger partial charge in [0, 0.05) is 17.8 Å². The Morgan fingerprint density at radius 3 is 2.69 bits per heavy atom. The van der Waals surface area contributed by atoms with E-state index in [-0.39, 0.29) is 6.54 Å². The molecule has 0 aromatic heterocycles. The number of halogens is 3. The zero-order valence-electron chi connectivity index (χ0n) is 9.09. The molecule has 1 rings (SSSR count). The highest BCUT2D eigenvalue weighted by Gasteiger charge is 2.12. The summed E-state index contributed by atoms with van der Waals surface area (Å²) in [7, 11) is 1.63. The van der Waals surface area contributed by atoms with E-state index < -0.39 is 6.43 Å². The largest absolute Gasteiger partial charge is 0.369 e. The van der Waals surface area contributed by atoms with Crippen molar-refractivity contribution in [3.05, 3.63) is 28.8 Å². The van der Waals surface area contributed by atoms with Crippen LogP contribution in [0, 0.1) is 0 Å². The fourth-order valence-electron chi connectivity index (χ4n) is 1.59. The third kappa shape index (κ3) is 3.61. The number of benzene rings is 1. The molecule has 2 nitrogen and oxygen atoms in total. The lowest BCUT2D eigenvalue weighted by molar-refractivity contribution is 0.156. The number of nitrogens with two attached hydrogens (primary N) is 1. The minimum absolute atomic E-state index is 0.292. The summed E-state index contributed by atoms with van der Waals surface area (Å²) in [5.41, 5.74) is 7.13. The molecule has 0 aliphatic heterocycles. The predicted molar refractivity (Wildman–Crippen MR) is 63.5 cm³/mol. The molecular formula is C11H15ClF2N2. The molecule has 0 atom stereocenters. The Morgan fingerprint density at radius 1 is 1.44 bits per heavy atom. The molecule has 1 aromatic rings. The van der Waals surface area contributed by atoms with E-state index in [9.17, 15) is 8.78 Å². The van der Waals surface area contributed by atoms with Crippen molar-refractivity contribution < 1.29 is 8.78 Å². The van der Waals surface area contributed by atoms with Crippen LogP contribution in [0.4, 0.5) is 14.5 Å². The Bertz CT molecular complexity index is 345. The number of nitrogens with zero attached hydrogens (tertiary/aromatic N) is 1. The highest BCUT2D eigenvalue weighted by Crippen LogP contribution is 2.24. The monoisotopic (exact) mass is 248 g/mol. The van der Waals surface area contributed by atoms with Crippen LogP contribution in [0.15, 0.2) is 18.2 Å². The number of anilines is 1. The predicted octanol–water partition coefficient (Wildman–Crippen LogP) is 2.54. The van der Waals surface area contributed by atoms with Gasteiger partial charge in [-0.2, -0.15) is 0 Å². The summed E-state index contributed by atoms with van der Waals surface area (Å²) in [5.74, 6) is 0. The second-order valence-corrected chi connectivity index (χ2v) is 4.02. The Morgan fingerprint density at radius 2 is 2.12 bits per heavy atom. The molecule has 0 bridgehead atoms. The molecule has 1 aromatic carbocycles. The summed E-state index contributed by atoms with van der Waals surface area (Å²) in [5, 5.41) is 0.595. The average Bonchev–Trinajstić information content (AvgIpc) is 2.17. The van der Waals surface area contributed by atoms with Gasteiger partial charge in [0.2, 0.25) is 0 Å². The van der Waals surface area contributed by atoms with Crippen molar-refractivity contribution >= 4 is 17.3 Å². The van der Waals surface area contributed by atoms with Crippen LogP contribution in [0.2, 0.25) is 5.02 Å². The molecular weight excluding hydrogens is 234 g/mol. The fraction of sp³-hybridized carbons (Fsp3) is 0.455. The van der Waals surface area contributed by atoms with Gasteiger partial charge in [-0.25, -0.2) is 8.78 Å². The van der Waals surface area contributed by atoms with Crippen molar-refractivity contribution in [1.82, 2.24) is 0 Å². The molecule has 0 fully saturated rings. The molecule has 0 saturated carbocycles. The Kier molecular flexibility index (Phi) is 4.96. The summed E-state index contributed by atoms with van der Waals surface area (Å²) in [6.45, 7) is 0.176. The van der Waals surface area contributed by atoms with Crippen LogP contribution in [0.5, 0.6) is 0 Å². The molecule has 0 saturated heterocycles. The molecule has 0 radical (unpaired) electrons. The standard InChI is InChI=1S/C11H15ClF2N2/c1-16(7-11(13)14)10-3-2-9(12)6-8(10)4-5-15/h2-3,6,11H,4-5,7,15H2,1H3. The van der Waals surface area contributed by atoms with Crippen molar-refractivity contribution in [2.45, 2.75) is 12.8 Å². The first-order chi connectivity index (χ1) is 7.54. The first kappa shape index (κ1) is 13.2. The average molecular weight is 249 g/mol. The molecule has 0 aliphatic rings. The van der Waals surface area contributed by atoms with E-state index in [0.717, 1.165) is 11.3 Å². The third-order valence-corrected chi connectivity index (χ3v) is 2.51. The van der Waals surface area contributed by atoms with E-state index >= 15 is 0 Å². The van der Waals surface area contributed by atoms with Gasteiger partial charge in [0.1, 0.15) is 0 Å². The van der Waals surface area contributed by atoms with Gasteiger partial charge >= 0.3 is 0 Å². The maximum absolute atomic E-state index is 12.3. The van der Waals surface area contributed by atoms with Gasteiger partial charge in [0.25, 0.3) is 6.43 Å². The van der Waals surface area contributed by atoms with Gasteiger partial charge in [-0.1, -0.05) is 11.6 Å². The summed E-state index contributed by atoms with van der Waals surface area (Å²) >= 11 is 5.86. The van der Waals surface area contributed by atoms with Gasteiger partial charge in [-0.15, -0.1) is 0 Å². The Hall–Kier alpha value is -0.870. The van der Waals surface area contributed by atoms with Crippen molar-refractivity contribution in [2.75, 3.05) is 25.0 Å². The zero-order valence-corrected chi connectivity index (χ0v) is 9.85. The first-order valence-electron chi connectivity index (χ1n) is 5.02. The van der Waals surface area contributed by atoms with Gasteiger partial charge < -0.3 is 10.6 Å². The van der Waals surface area contributed by atoms with E-state index in [1.54, 1.807) is 25.2 Å². The normalized spacial score (nSPS) is 10.9. The summed E-state index contributed by atoms with van der Waals surface area (Å²) in [6, 6.07) is 5.21.